The summed E-state index contributed by atoms with van der Waals surface area (Å²) in [6, 6.07) is 0. The fourth-order valence-electron chi connectivity index (χ4n) is 3.00. The molecule has 1 N–H and O–H groups in total. The minimum atomic E-state index is 0.265. The van der Waals surface area contributed by atoms with Gasteiger partial charge >= 0.3 is 0 Å². The van der Waals surface area contributed by atoms with E-state index in [1.165, 1.54) is 19.3 Å². The Bertz CT molecular complexity index is 265. The molecule has 2 unspecified atom stereocenters. The highest BCUT2D eigenvalue weighted by Gasteiger charge is 2.26. The van der Waals surface area contributed by atoms with Crippen molar-refractivity contribution in [3.8, 4) is 0 Å². The second-order valence-electron chi connectivity index (χ2n) is 5.44. The first-order valence-corrected chi connectivity index (χ1v) is 7.41. The number of hydrogen-bond acceptors (Lipinski definition) is 3. The number of carbonyl (C=O) groups is 1. The van der Waals surface area contributed by atoms with E-state index >= 15 is 0 Å². The van der Waals surface area contributed by atoms with Crippen LogP contribution in [0, 0.1) is 5.92 Å². The molecule has 1 amide bonds. The normalized spacial score (nSPS) is 28.6. The largest absolute Gasteiger partial charge is 0.378 e. The van der Waals surface area contributed by atoms with Crippen LogP contribution in [0.2, 0.25) is 0 Å². The lowest BCUT2D eigenvalue weighted by molar-refractivity contribution is -0.131. The van der Waals surface area contributed by atoms with Gasteiger partial charge in [0.25, 0.3) is 0 Å². The van der Waals surface area contributed by atoms with Crippen LogP contribution in [0.1, 0.15) is 39.0 Å². The van der Waals surface area contributed by atoms with Crippen molar-refractivity contribution in [1.82, 2.24) is 10.2 Å². The summed E-state index contributed by atoms with van der Waals surface area (Å²) in [4.78, 5) is 14.0. The average Bonchev–Trinajstić information content (AvgIpc) is 2.87. The molecule has 0 aromatic carbocycles. The first kappa shape index (κ1) is 13.8. The fraction of sp³-hybridized carbons (Fsp3) is 0.929. The van der Waals surface area contributed by atoms with E-state index in [9.17, 15) is 4.79 Å². The van der Waals surface area contributed by atoms with Crippen molar-refractivity contribution in [2.75, 3.05) is 32.8 Å². The van der Waals surface area contributed by atoms with Gasteiger partial charge < -0.3 is 15.0 Å². The third kappa shape index (κ3) is 3.69. The molecule has 2 rings (SSSR count). The molecule has 0 aliphatic carbocycles. The van der Waals surface area contributed by atoms with Crippen LogP contribution in [0.25, 0.3) is 0 Å². The number of ether oxygens (including phenoxy) is 1. The standard InChI is InChI=1S/C14H26N2O2/c1-2-13-12(6-9-18-13)10-15-11-14(17)16-7-4-3-5-8-16/h12-13,15H,2-11H2,1H3. The van der Waals surface area contributed by atoms with Crippen molar-refractivity contribution >= 4 is 5.91 Å². The number of nitrogens with one attached hydrogen (secondary N) is 1. The number of rotatable bonds is 5. The monoisotopic (exact) mass is 254 g/mol. The summed E-state index contributed by atoms with van der Waals surface area (Å²) in [6.07, 6.45) is 6.20. The predicted molar refractivity (Wildman–Crippen MR) is 71.4 cm³/mol. The van der Waals surface area contributed by atoms with Gasteiger partial charge in [0.05, 0.1) is 12.6 Å². The van der Waals surface area contributed by atoms with Crippen molar-refractivity contribution < 1.29 is 9.53 Å². The van der Waals surface area contributed by atoms with Crippen molar-refractivity contribution in [2.24, 2.45) is 5.92 Å². The second kappa shape index (κ2) is 7.10. The van der Waals surface area contributed by atoms with Gasteiger partial charge in [-0.15, -0.1) is 0 Å². The van der Waals surface area contributed by atoms with Gasteiger partial charge in [0.2, 0.25) is 5.91 Å². The van der Waals surface area contributed by atoms with Crippen molar-refractivity contribution in [3.63, 3.8) is 0 Å². The van der Waals surface area contributed by atoms with Gasteiger partial charge in [-0.05, 0) is 38.0 Å². The third-order valence-electron chi connectivity index (χ3n) is 4.14. The lowest BCUT2D eigenvalue weighted by atomic mass is 10.00. The maximum atomic E-state index is 12.0. The smallest absolute Gasteiger partial charge is 0.236 e. The highest BCUT2D eigenvalue weighted by atomic mass is 16.5. The molecule has 2 aliphatic rings. The summed E-state index contributed by atoms with van der Waals surface area (Å²) < 4.78 is 5.65. The Hall–Kier alpha value is -0.610. The van der Waals surface area contributed by atoms with Crippen LogP contribution in [0.5, 0.6) is 0 Å². The van der Waals surface area contributed by atoms with Gasteiger partial charge in [-0.2, -0.15) is 0 Å². The number of carbonyl (C=O) groups excluding carboxylic acids is 1. The zero-order valence-corrected chi connectivity index (χ0v) is 11.5. The Morgan fingerprint density at radius 3 is 2.83 bits per heavy atom. The maximum Gasteiger partial charge on any atom is 0.236 e. The highest BCUT2D eigenvalue weighted by molar-refractivity contribution is 5.78. The van der Waals surface area contributed by atoms with E-state index in [1.54, 1.807) is 0 Å². The number of likely N-dealkylation sites (tertiary alicyclic amines) is 1. The summed E-state index contributed by atoms with van der Waals surface area (Å²) in [5, 5.41) is 3.32. The number of hydrogen-bond donors (Lipinski definition) is 1. The maximum absolute atomic E-state index is 12.0. The molecule has 0 aromatic rings. The minimum Gasteiger partial charge on any atom is -0.378 e. The molecular weight excluding hydrogens is 228 g/mol. The first-order valence-electron chi connectivity index (χ1n) is 7.41. The topological polar surface area (TPSA) is 41.6 Å². The molecule has 2 aliphatic heterocycles. The van der Waals surface area contributed by atoms with E-state index in [4.69, 9.17) is 4.74 Å². The van der Waals surface area contributed by atoms with Crippen molar-refractivity contribution in [3.05, 3.63) is 0 Å². The van der Waals surface area contributed by atoms with E-state index < -0.39 is 0 Å². The Kier molecular flexibility index (Phi) is 5.45. The zero-order valence-electron chi connectivity index (χ0n) is 11.5. The number of amides is 1. The van der Waals surface area contributed by atoms with Crippen LogP contribution in [-0.2, 0) is 9.53 Å². The molecule has 0 aromatic heterocycles. The molecule has 2 fully saturated rings. The van der Waals surface area contributed by atoms with Crippen LogP contribution >= 0.6 is 0 Å². The van der Waals surface area contributed by atoms with Gasteiger partial charge in [0.1, 0.15) is 0 Å². The second-order valence-corrected chi connectivity index (χ2v) is 5.44. The minimum absolute atomic E-state index is 0.265. The molecule has 0 radical (unpaired) electrons. The van der Waals surface area contributed by atoms with Gasteiger partial charge in [-0.1, -0.05) is 6.92 Å². The van der Waals surface area contributed by atoms with E-state index in [0.717, 1.165) is 39.1 Å². The third-order valence-corrected chi connectivity index (χ3v) is 4.14. The van der Waals surface area contributed by atoms with Crippen LogP contribution in [0.15, 0.2) is 0 Å². The lowest BCUT2D eigenvalue weighted by Crippen LogP contribution is -2.42. The summed E-state index contributed by atoms with van der Waals surface area (Å²) in [7, 11) is 0. The highest BCUT2D eigenvalue weighted by Crippen LogP contribution is 2.22. The summed E-state index contributed by atoms with van der Waals surface area (Å²) in [5.74, 6) is 0.853. The van der Waals surface area contributed by atoms with Gasteiger partial charge in [-0.3, -0.25) is 4.79 Å². The van der Waals surface area contributed by atoms with E-state index in [1.807, 2.05) is 4.90 Å². The average molecular weight is 254 g/mol. The predicted octanol–water partition coefficient (Wildman–Crippen LogP) is 1.40. The molecular formula is C14H26N2O2. The molecule has 4 nitrogen and oxygen atoms in total. The number of nitrogens with zero attached hydrogens (tertiary/aromatic N) is 1. The summed E-state index contributed by atoms with van der Waals surface area (Å²) in [6.45, 7) is 6.35. The molecule has 2 atom stereocenters. The summed E-state index contributed by atoms with van der Waals surface area (Å²) in [5.41, 5.74) is 0. The molecule has 2 saturated heterocycles. The van der Waals surface area contributed by atoms with E-state index in [-0.39, 0.29) is 5.91 Å². The molecule has 104 valence electrons. The van der Waals surface area contributed by atoms with Crippen molar-refractivity contribution in [1.29, 1.82) is 0 Å². The Labute approximate surface area is 110 Å². The van der Waals surface area contributed by atoms with E-state index in [0.29, 0.717) is 18.6 Å². The van der Waals surface area contributed by atoms with Crippen LogP contribution in [0.4, 0.5) is 0 Å². The Morgan fingerprint density at radius 2 is 2.11 bits per heavy atom. The quantitative estimate of drug-likeness (QED) is 0.806. The van der Waals surface area contributed by atoms with Gasteiger partial charge in [-0.25, -0.2) is 0 Å². The van der Waals surface area contributed by atoms with E-state index in [2.05, 4.69) is 12.2 Å². The van der Waals surface area contributed by atoms with Crippen LogP contribution in [-0.4, -0.2) is 49.7 Å². The molecule has 4 heteroatoms. The fourth-order valence-corrected chi connectivity index (χ4v) is 3.00. The van der Waals surface area contributed by atoms with Crippen LogP contribution < -0.4 is 5.32 Å². The zero-order chi connectivity index (χ0) is 12.8. The lowest BCUT2D eigenvalue weighted by Gasteiger charge is -2.27. The van der Waals surface area contributed by atoms with Crippen LogP contribution in [0.3, 0.4) is 0 Å². The molecule has 0 bridgehead atoms. The Morgan fingerprint density at radius 1 is 1.33 bits per heavy atom. The molecule has 2 heterocycles. The Balaban J connectivity index is 1.63. The van der Waals surface area contributed by atoms with Crippen molar-refractivity contribution in [2.45, 2.75) is 45.1 Å². The summed E-state index contributed by atoms with van der Waals surface area (Å²) >= 11 is 0. The molecule has 0 spiro atoms. The number of piperidine rings is 1. The molecule has 0 saturated carbocycles. The van der Waals surface area contributed by atoms with Gasteiger partial charge in [0.15, 0.2) is 0 Å². The molecule has 18 heavy (non-hydrogen) atoms. The SMILES string of the molecule is CCC1OCCC1CNCC(=O)N1CCCCC1. The first-order chi connectivity index (χ1) is 8.81. The van der Waals surface area contributed by atoms with Gasteiger partial charge in [0, 0.05) is 26.2 Å².